The summed E-state index contributed by atoms with van der Waals surface area (Å²) in [6.07, 6.45) is 1.81. The molecule has 0 spiro atoms. The van der Waals surface area contributed by atoms with Crippen molar-refractivity contribution in [3.63, 3.8) is 0 Å². The number of thioether (sulfide) groups is 1. The average molecular weight is 263 g/mol. The van der Waals surface area contributed by atoms with Crippen molar-refractivity contribution in [3.8, 4) is 0 Å². The van der Waals surface area contributed by atoms with E-state index in [9.17, 15) is 9.18 Å². The molecule has 0 aliphatic heterocycles. The standard InChI is InChI=1S/C9H8BrFOS/c1-13-5-9(12)7-3-2-6(10)4-8(7)11/h2-4H,5H2,1H3. The van der Waals surface area contributed by atoms with E-state index in [0.717, 1.165) is 0 Å². The summed E-state index contributed by atoms with van der Waals surface area (Å²) in [7, 11) is 0. The minimum absolute atomic E-state index is 0.164. The fourth-order valence-corrected chi connectivity index (χ4v) is 1.68. The van der Waals surface area contributed by atoms with E-state index in [1.54, 1.807) is 6.07 Å². The molecule has 4 heteroatoms. The Hall–Kier alpha value is -0.350. The number of ketones is 1. The van der Waals surface area contributed by atoms with Crippen molar-refractivity contribution in [1.82, 2.24) is 0 Å². The summed E-state index contributed by atoms with van der Waals surface area (Å²) in [4.78, 5) is 11.3. The van der Waals surface area contributed by atoms with Gasteiger partial charge in [0, 0.05) is 4.47 Å². The zero-order valence-electron chi connectivity index (χ0n) is 7.01. The highest BCUT2D eigenvalue weighted by Gasteiger charge is 2.10. The second-order valence-electron chi connectivity index (χ2n) is 2.48. The number of hydrogen-bond donors (Lipinski definition) is 0. The molecule has 0 aromatic heterocycles. The first kappa shape index (κ1) is 10.7. The van der Waals surface area contributed by atoms with Crippen molar-refractivity contribution in [2.75, 3.05) is 12.0 Å². The molecule has 0 saturated carbocycles. The van der Waals surface area contributed by atoms with Crippen LogP contribution >= 0.6 is 27.7 Å². The molecule has 0 heterocycles. The van der Waals surface area contributed by atoms with Gasteiger partial charge in [-0.25, -0.2) is 4.39 Å². The lowest BCUT2D eigenvalue weighted by Gasteiger charge is -2.00. The Morgan fingerprint density at radius 1 is 1.62 bits per heavy atom. The van der Waals surface area contributed by atoms with Gasteiger partial charge < -0.3 is 0 Å². The van der Waals surface area contributed by atoms with Gasteiger partial charge in [-0.3, -0.25) is 4.79 Å². The van der Waals surface area contributed by atoms with Crippen LogP contribution in [0, 0.1) is 5.82 Å². The molecule has 0 aliphatic rings. The van der Waals surface area contributed by atoms with Gasteiger partial charge in [0.25, 0.3) is 0 Å². The zero-order chi connectivity index (χ0) is 9.84. The highest BCUT2D eigenvalue weighted by atomic mass is 79.9. The number of rotatable bonds is 3. The van der Waals surface area contributed by atoms with Crippen LogP contribution in [-0.2, 0) is 0 Å². The summed E-state index contributed by atoms with van der Waals surface area (Å²) in [6.45, 7) is 0. The van der Waals surface area contributed by atoms with Crippen LogP contribution < -0.4 is 0 Å². The van der Waals surface area contributed by atoms with E-state index in [1.807, 2.05) is 6.26 Å². The van der Waals surface area contributed by atoms with Gasteiger partial charge in [-0.15, -0.1) is 0 Å². The van der Waals surface area contributed by atoms with Crippen molar-refractivity contribution >= 4 is 33.5 Å². The lowest BCUT2D eigenvalue weighted by Crippen LogP contribution is -2.04. The third-order valence-corrected chi connectivity index (χ3v) is 2.55. The van der Waals surface area contributed by atoms with Gasteiger partial charge >= 0.3 is 0 Å². The summed E-state index contributed by atoms with van der Waals surface area (Å²) >= 11 is 4.52. The van der Waals surface area contributed by atoms with Crippen molar-refractivity contribution in [2.24, 2.45) is 0 Å². The maximum Gasteiger partial charge on any atom is 0.175 e. The number of carbonyl (C=O) groups excluding carboxylic acids is 1. The molecule has 0 radical (unpaired) electrons. The molecule has 0 N–H and O–H groups in total. The summed E-state index contributed by atoms with van der Waals surface area (Å²) < 4.78 is 13.8. The van der Waals surface area contributed by atoms with Crippen LogP contribution in [0.4, 0.5) is 4.39 Å². The van der Waals surface area contributed by atoms with Crippen LogP contribution in [0.2, 0.25) is 0 Å². The normalized spacial score (nSPS) is 10.1. The Morgan fingerprint density at radius 3 is 2.85 bits per heavy atom. The number of Topliss-reactive ketones (excluding diaryl/α,β-unsaturated/α-hetero) is 1. The quantitative estimate of drug-likeness (QED) is 0.779. The van der Waals surface area contributed by atoms with Crippen LogP contribution in [0.3, 0.4) is 0 Å². The SMILES string of the molecule is CSCC(=O)c1ccc(Br)cc1F. The van der Waals surface area contributed by atoms with Crippen LogP contribution in [0.5, 0.6) is 0 Å². The Labute approximate surface area is 88.8 Å². The second-order valence-corrected chi connectivity index (χ2v) is 4.26. The van der Waals surface area contributed by atoms with Gasteiger partial charge in [0.05, 0.1) is 11.3 Å². The minimum atomic E-state index is -0.464. The van der Waals surface area contributed by atoms with Crippen molar-refractivity contribution in [2.45, 2.75) is 0 Å². The predicted octanol–water partition coefficient (Wildman–Crippen LogP) is 3.13. The minimum Gasteiger partial charge on any atom is -0.293 e. The van der Waals surface area contributed by atoms with Crippen LogP contribution in [-0.4, -0.2) is 17.8 Å². The molecule has 13 heavy (non-hydrogen) atoms. The first-order chi connectivity index (χ1) is 6.15. The number of halogens is 2. The van der Waals surface area contributed by atoms with Gasteiger partial charge in [0.15, 0.2) is 5.78 Å². The molecule has 0 amide bonds. The smallest absolute Gasteiger partial charge is 0.175 e. The van der Waals surface area contributed by atoms with Gasteiger partial charge in [-0.2, -0.15) is 11.8 Å². The Balaban J connectivity index is 2.95. The number of hydrogen-bond acceptors (Lipinski definition) is 2. The highest BCUT2D eigenvalue weighted by Crippen LogP contribution is 2.16. The molecule has 0 fully saturated rings. The maximum atomic E-state index is 13.2. The fourth-order valence-electron chi connectivity index (χ4n) is 0.924. The molecule has 1 rings (SSSR count). The topological polar surface area (TPSA) is 17.1 Å². The van der Waals surface area contributed by atoms with E-state index in [1.165, 1.54) is 23.9 Å². The largest absolute Gasteiger partial charge is 0.293 e. The van der Waals surface area contributed by atoms with E-state index in [4.69, 9.17) is 0 Å². The van der Waals surface area contributed by atoms with Crippen LogP contribution in [0.15, 0.2) is 22.7 Å². The Kier molecular flexibility index (Phi) is 3.93. The molecule has 0 bridgehead atoms. The summed E-state index contributed by atoms with van der Waals surface area (Å²) in [6, 6.07) is 4.46. The lowest BCUT2D eigenvalue weighted by molar-refractivity contribution is 0.101. The Bertz CT molecular complexity index is 327. The van der Waals surface area contributed by atoms with Crippen molar-refractivity contribution < 1.29 is 9.18 Å². The van der Waals surface area contributed by atoms with E-state index >= 15 is 0 Å². The monoisotopic (exact) mass is 262 g/mol. The molecule has 70 valence electrons. The maximum absolute atomic E-state index is 13.2. The molecule has 1 aromatic rings. The summed E-state index contributed by atoms with van der Waals surface area (Å²) in [5, 5.41) is 0. The highest BCUT2D eigenvalue weighted by molar-refractivity contribution is 9.10. The van der Waals surface area contributed by atoms with Gasteiger partial charge in [0.1, 0.15) is 5.82 Å². The van der Waals surface area contributed by atoms with Crippen LogP contribution in [0.1, 0.15) is 10.4 Å². The van der Waals surface area contributed by atoms with E-state index < -0.39 is 5.82 Å². The molecular weight excluding hydrogens is 255 g/mol. The predicted molar refractivity (Wildman–Crippen MR) is 56.8 cm³/mol. The van der Waals surface area contributed by atoms with E-state index in [-0.39, 0.29) is 11.3 Å². The summed E-state index contributed by atoms with van der Waals surface area (Å²) in [5.74, 6) is -0.315. The molecule has 1 aromatic carbocycles. The van der Waals surface area contributed by atoms with Gasteiger partial charge in [0.2, 0.25) is 0 Å². The van der Waals surface area contributed by atoms with Crippen molar-refractivity contribution in [1.29, 1.82) is 0 Å². The van der Waals surface area contributed by atoms with E-state index in [2.05, 4.69) is 15.9 Å². The van der Waals surface area contributed by atoms with E-state index in [0.29, 0.717) is 10.2 Å². The first-order valence-electron chi connectivity index (χ1n) is 3.62. The molecule has 0 aliphatic carbocycles. The zero-order valence-corrected chi connectivity index (χ0v) is 9.41. The Morgan fingerprint density at radius 2 is 2.31 bits per heavy atom. The average Bonchev–Trinajstić information content (AvgIpc) is 2.04. The van der Waals surface area contributed by atoms with Gasteiger partial charge in [-0.1, -0.05) is 15.9 Å². The lowest BCUT2D eigenvalue weighted by atomic mass is 10.1. The second kappa shape index (κ2) is 4.77. The molecule has 0 saturated heterocycles. The molecule has 0 atom stereocenters. The number of benzene rings is 1. The fraction of sp³-hybridized carbons (Fsp3) is 0.222. The van der Waals surface area contributed by atoms with Crippen LogP contribution in [0.25, 0.3) is 0 Å². The molecule has 1 nitrogen and oxygen atoms in total. The van der Waals surface area contributed by atoms with Crippen molar-refractivity contribution in [3.05, 3.63) is 34.1 Å². The third-order valence-electron chi connectivity index (χ3n) is 1.51. The first-order valence-corrected chi connectivity index (χ1v) is 5.81. The van der Waals surface area contributed by atoms with Gasteiger partial charge in [-0.05, 0) is 24.5 Å². The third kappa shape index (κ3) is 2.81. The number of carbonyl (C=O) groups is 1. The summed E-state index contributed by atoms with van der Waals surface area (Å²) in [5.41, 5.74) is 0.164. The molecular formula is C9H8BrFOS. The molecule has 0 unspecified atom stereocenters.